The summed E-state index contributed by atoms with van der Waals surface area (Å²) in [4.78, 5) is 2.32. The largest absolute Gasteiger partial charge is 0.378 e. The minimum atomic E-state index is 0.163. The zero-order valence-corrected chi connectivity index (χ0v) is 12.7. The van der Waals surface area contributed by atoms with Gasteiger partial charge < -0.3 is 15.4 Å². The Bertz CT molecular complexity index is 221. The molecule has 1 heterocycles. The van der Waals surface area contributed by atoms with Crippen LogP contribution >= 0.6 is 0 Å². The lowest BCUT2D eigenvalue weighted by molar-refractivity contribution is 0.0861. The van der Waals surface area contributed by atoms with Crippen molar-refractivity contribution in [2.75, 3.05) is 20.7 Å². The fourth-order valence-corrected chi connectivity index (χ4v) is 3.44. The van der Waals surface area contributed by atoms with Crippen molar-refractivity contribution in [3.63, 3.8) is 0 Å². The Labute approximate surface area is 113 Å². The van der Waals surface area contributed by atoms with Crippen LogP contribution < -0.4 is 5.73 Å². The Hall–Kier alpha value is -0.120. The van der Waals surface area contributed by atoms with Crippen LogP contribution in [0.3, 0.4) is 0 Å². The molecule has 1 saturated heterocycles. The average molecular weight is 256 g/mol. The normalized spacial score (nSPS) is 22.7. The Balaban J connectivity index is 2.38. The fourth-order valence-electron chi connectivity index (χ4n) is 3.44. The maximum absolute atomic E-state index is 6.48. The number of hydrogen-bond acceptors (Lipinski definition) is 3. The van der Waals surface area contributed by atoms with Crippen LogP contribution in [0.2, 0.25) is 0 Å². The van der Waals surface area contributed by atoms with E-state index in [9.17, 15) is 0 Å². The summed E-state index contributed by atoms with van der Waals surface area (Å²) in [5.41, 5.74) is 6.64. The van der Waals surface area contributed by atoms with Gasteiger partial charge in [0.2, 0.25) is 0 Å². The van der Waals surface area contributed by atoms with Crippen LogP contribution in [0.4, 0.5) is 0 Å². The molecule has 1 rings (SSSR count). The highest BCUT2D eigenvalue weighted by atomic mass is 16.5. The third-order valence-electron chi connectivity index (χ3n) is 4.87. The first-order valence-corrected chi connectivity index (χ1v) is 7.61. The second-order valence-electron chi connectivity index (χ2n) is 5.88. The molecule has 1 aliphatic heterocycles. The molecule has 0 aromatic rings. The summed E-state index contributed by atoms with van der Waals surface area (Å²) in [5.74, 6) is 0. The molecule has 2 atom stereocenters. The topological polar surface area (TPSA) is 38.5 Å². The molecule has 2 N–H and O–H groups in total. The van der Waals surface area contributed by atoms with Gasteiger partial charge in [0.05, 0.1) is 6.10 Å². The summed E-state index contributed by atoms with van der Waals surface area (Å²) in [6.45, 7) is 5.47. The van der Waals surface area contributed by atoms with Crippen molar-refractivity contribution in [1.82, 2.24) is 4.90 Å². The van der Waals surface area contributed by atoms with Crippen molar-refractivity contribution in [2.45, 2.75) is 76.5 Å². The van der Waals surface area contributed by atoms with Crippen molar-refractivity contribution >= 4 is 0 Å². The molecule has 1 fully saturated rings. The highest BCUT2D eigenvalue weighted by molar-refractivity contribution is 4.95. The summed E-state index contributed by atoms with van der Waals surface area (Å²) < 4.78 is 5.67. The van der Waals surface area contributed by atoms with E-state index in [4.69, 9.17) is 10.5 Å². The highest BCUT2D eigenvalue weighted by Gasteiger charge is 2.35. The third kappa shape index (κ3) is 3.69. The molecule has 0 aromatic heterocycles. The first-order valence-electron chi connectivity index (χ1n) is 7.61. The minimum Gasteiger partial charge on any atom is -0.378 e. The summed E-state index contributed by atoms with van der Waals surface area (Å²) in [6, 6.07) is 0.268. The summed E-state index contributed by atoms with van der Waals surface area (Å²) in [5, 5.41) is 0. The zero-order chi connectivity index (χ0) is 13.6. The lowest BCUT2D eigenvalue weighted by Gasteiger charge is -2.43. The lowest BCUT2D eigenvalue weighted by Crippen LogP contribution is -2.56. The van der Waals surface area contributed by atoms with Gasteiger partial charge >= 0.3 is 0 Å². The monoisotopic (exact) mass is 256 g/mol. The lowest BCUT2D eigenvalue weighted by atomic mass is 9.81. The molecule has 18 heavy (non-hydrogen) atoms. The van der Waals surface area contributed by atoms with E-state index in [2.05, 4.69) is 32.8 Å². The van der Waals surface area contributed by atoms with E-state index in [1.54, 1.807) is 0 Å². The van der Waals surface area contributed by atoms with E-state index in [1.807, 2.05) is 0 Å². The molecule has 0 bridgehead atoms. The van der Waals surface area contributed by atoms with Gasteiger partial charge in [0, 0.05) is 18.2 Å². The van der Waals surface area contributed by atoms with E-state index in [0.29, 0.717) is 6.10 Å². The molecule has 0 saturated carbocycles. The predicted octanol–water partition coefficient (Wildman–Crippen LogP) is 2.78. The molecule has 2 unspecified atom stereocenters. The van der Waals surface area contributed by atoms with Gasteiger partial charge in [-0.15, -0.1) is 0 Å². The van der Waals surface area contributed by atoms with Gasteiger partial charge in [-0.25, -0.2) is 0 Å². The van der Waals surface area contributed by atoms with Crippen LogP contribution in [-0.2, 0) is 4.74 Å². The zero-order valence-electron chi connectivity index (χ0n) is 12.7. The fraction of sp³-hybridized carbons (Fsp3) is 1.00. The number of nitrogens with two attached hydrogens (primary N) is 1. The standard InChI is InChI=1S/C15H32N2O/c1-5-15(6-2,17(3)4)14(16)11-7-9-13-10-8-12-18-13/h13-14H,5-12,16H2,1-4H3. The van der Waals surface area contributed by atoms with Crippen molar-refractivity contribution in [2.24, 2.45) is 5.73 Å². The minimum absolute atomic E-state index is 0.163. The molecule has 1 aliphatic rings. The first kappa shape index (κ1) is 15.9. The maximum atomic E-state index is 6.48. The first-order chi connectivity index (χ1) is 8.56. The molecule has 3 nitrogen and oxygen atoms in total. The van der Waals surface area contributed by atoms with Gasteiger partial charge in [-0.2, -0.15) is 0 Å². The van der Waals surface area contributed by atoms with Gasteiger partial charge in [-0.05, 0) is 59.0 Å². The van der Waals surface area contributed by atoms with Crippen molar-refractivity contribution in [3.8, 4) is 0 Å². The van der Waals surface area contributed by atoms with Gasteiger partial charge in [0.25, 0.3) is 0 Å². The van der Waals surface area contributed by atoms with Crippen molar-refractivity contribution in [3.05, 3.63) is 0 Å². The highest BCUT2D eigenvalue weighted by Crippen LogP contribution is 2.28. The van der Waals surface area contributed by atoms with Crippen LogP contribution in [0, 0.1) is 0 Å². The van der Waals surface area contributed by atoms with Gasteiger partial charge in [-0.1, -0.05) is 13.8 Å². The molecule has 3 heteroatoms. The third-order valence-corrected chi connectivity index (χ3v) is 4.87. The molecule has 0 amide bonds. The molecular weight excluding hydrogens is 224 g/mol. The second-order valence-corrected chi connectivity index (χ2v) is 5.88. The number of rotatable bonds is 8. The van der Waals surface area contributed by atoms with E-state index < -0.39 is 0 Å². The Kier molecular flexibility index (Phi) is 6.61. The summed E-state index contributed by atoms with van der Waals surface area (Å²) in [7, 11) is 4.32. The maximum Gasteiger partial charge on any atom is 0.0576 e. The molecule has 0 aliphatic carbocycles. The van der Waals surface area contributed by atoms with Crippen molar-refractivity contribution in [1.29, 1.82) is 0 Å². The van der Waals surface area contributed by atoms with Crippen LogP contribution in [0.15, 0.2) is 0 Å². The van der Waals surface area contributed by atoms with Crippen molar-refractivity contribution < 1.29 is 4.74 Å². The van der Waals surface area contributed by atoms with E-state index in [-0.39, 0.29) is 11.6 Å². The van der Waals surface area contributed by atoms with E-state index in [0.717, 1.165) is 25.9 Å². The van der Waals surface area contributed by atoms with Gasteiger partial charge in [0.15, 0.2) is 0 Å². The molecular formula is C15H32N2O. The van der Waals surface area contributed by atoms with Crippen LogP contribution in [-0.4, -0.2) is 43.3 Å². The smallest absolute Gasteiger partial charge is 0.0576 e. The van der Waals surface area contributed by atoms with Crippen LogP contribution in [0.5, 0.6) is 0 Å². The van der Waals surface area contributed by atoms with Crippen LogP contribution in [0.25, 0.3) is 0 Å². The predicted molar refractivity (Wildman–Crippen MR) is 77.8 cm³/mol. The molecule has 108 valence electrons. The number of nitrogens with zero attached hydrogens (tertiary/aromatic N) is 1. The molecule has 0 aromatic carbocycles. The van der Waals surface area contributed by atoms with E-state index in [1.165, 1.54) is 25.7 Å². The SMILES string of the molecule is CCC(CC)(C(N)CCCC1CCCO1)N(C)C. The average Bonchev–Trinajstić information content (AvgIpc) is 2.84. The molecule has 0 radical (unpaired) electrons. The quantitative estimate of drug-likeness (QED) is 0.726. The number of likely N-dealkylation sites (N-methyl/N-ethyl adjacent to an activating group) is 1. The van der Waals surface area contributed by atoms with Crippen LogP contribution in [0.1, 0.15) is 58.8 Å². The molecule has 0 spiro atoms. The Morgan fingerprint density at radius 2 is 2.00 bits per heavy atom. The summed E-state index contributed by atoms with van der Waals surface area (Å²) in [6.07, 6.45) is 8.73. The van der Waals surface area contributed by atoms with Gasteiger partial charge in [0.1, 0.15) is 0 Å². The Morgan fingerprint density at radius 1 is 1.33 bits per heavy atom. The number of hydrogen-bond donors (Lipinski definition) is 1. The Morgan fingerprint density at radius 3 is 2.44 bits per heavy atom. The van der Waals surface area contributed by atoms with Gasteiger partial charge in [-0.3, -0.25) is 0 Å². The summed E-state index contributed by atoms with van der Waals surface area (Å²) >= 11 is 0. The second kappa shape index (κ2) is 7.46. The number of ether oxygens (including phenoxy) is 1. The van der Waals surface area contributed by atoms with E-state index >= 15 is 0 Å².